The van der Waals surface area contributed by atoms with Crippen molar-refractivity contribution in [1.82, 2.24) is 0 Å². The molecule has 0 saturated carbocycles. The zero-order chi connectivity index (χ0) is 18.7. The number of carbonyl (C=O) groups excluding carboxylic acids is 1. The number of allylic oxidation sites excluding steroid dienone is 1. The average Bonchev–Trinajstić information content (AvgIpc) is 2.66. The maximum absolute atomic E-state index is 9.41. The van der Waals surface area contributed by atoms with Gasteiger partial charge in [0.05, 0.1) is 20.8 Å². The second-order valence-corrected chi connectivity index (χ2v) is 5.13. The van der Waals surface area contributed by atoms with Gasteiger partial charge in [-0.05, 0) is 47.9 Å². The highest BCUT2D eigenvalue weighted by atomic mass is 16.5. The molecule has 2 aromatic carbocycles. The first-order chi connectivity index (χ1) is 12.0. The fourth-order valence-electron chi connectivity index (χ4n) is 1.91. The van der Waals surface area contributed by atoms with Gasteiger partial charge in [-0.15, -0.1) is 0 Å². The number of aliphatic hydroxyl groups is 1. The Morgan fingerprint density at radius 2 is 1.64 bits per heavy atom. The van der Waals surface area contributed by atoms with Crippen LogP contribution in [0.2, 0.25) is 0 Å². The highest BCUT2D eigenvalue weighted by Gasteiger charge is 2.07. The molecule has 0 spiro atoms. The Labute approximate surface area is 148 Å². The van der Waals surface area contributed by atoms with Crippen molar-refractivity contribution in [2.45, 2.75) is 6.92 Å². The summed E-state index contributed by atoms with van der Waals surface area (Å²) in [5.41, 5.74) is 2.67. The average molecular weight is 344 g/mol. The third-order valence-corrected chi connectivity index (χ3v) is 3.14. The molecule has 0 radical (unpaired) electrons. The van der Waals surface area contributed by atoms with E-state index in [1.165, 1.54) is 0 Å². The van der Waals surface area contributed by atoms with E-state index in [0.717, 1.165) is 23.2 Å². The van der Waals surface area contributed by atoms with Crippen LogP contribution < -0.4 is 14.2 Å². The molecule has 5 nitrogen and oxygen atoms in total. The summed E-state index contributed by atoms with van der Waals surface area (Å²) in [5.74, 6) is 2.09. The topological polar surface area (TPSA) is 65.0 Å². The molecule has 0 amide bonds. The van der Waals surface area contributed by atoms with Crippen molar-refractivity contribution < 1.29 is 24.1 Å². The highest BCUT2D eigenvalue weighted by molar-refractivity contribution is 5.70. The third-order valence-electron chi connectivity index (χ3n) is 3.14. The number of ether oxygens (including phenoxy) is 3. The maximum Gasteiger partial charge on any atom is 0.161 e. The second kappa shape index (κ2) is 10.9. The first-order valence-corrected chi connectivity index (χ1v) is 7.72. The van der Waals surface area contributed by atoms with Crippen LogP contribution in [0.15, 0.2) is 54.6 Å². The van der Waals surface area contributed by atoms with Crippen molar-refractivity contribution in [2.75, 3.05) is 27.4 Å². The lowest BCUT2D eigenvalue weighted by Crippen LogP contribution is -2.03. The van der Waals surface area contributed by atoms with E-state index in [4.69, 9.17) is 19.3 Å². The van der Waals surface area contributed by atoms with Gasteiger partial charge < -0.3 is 19.3 Å². The van der Waals surface area contributed by atoms with Crippen molar-refractivity contribution in [1.29, 1.82) is 0 Å². The fourth-order valence-corrected chi connectivity index (χ4v) is 1.91. The number of hydrogen-bond donors (Lipinski definition) is 1. The molecule has 5 heteroatoms. The number of benzene rings is 2. The van der Waals surface area contributed by atoms with E-state index < -0.39 is 0 Å². The van der Waals surface area contributed by atoms with Gasteiger partial charge in [-0.1, -0.05) is 24.8 Å². The first kappa shape index (κ1) is 20.3. The lowest BCUT2D eigenvalue weighted by molar-refractivity contribution is -0.104. The first-order valence-electron chi connectivity index (χ1n) is 7.72. The van der Waals surface area contributed by atoms with Gasteiger partial charge in [0.2, 0.25) is 0 Å². The summed E-state index contributed by atoms with van der Waals surface area (Å²) in [6, 6.07) is 13.5. The molecule has 0 heterocycles. The molecule has 25 heavy (non-hydrogen) atoms. The number of methoxy groups -OCH3 is 2. The van der Waals surface area contributed by atoms with Gasteiger partial charge in [0, 0.05) is 0 Å². The van der Waals surface area contributed by atoms with Crippen molar-refractivity contribution in [2.24, 2.45) is 0 Å². The molecular formula is C20H24O5. The van der Waals surface area contributed by atoms with Gasteiger partial charge >= 0.3 is 0 Å². The smallest absolute Gasteiger partial charge is 0.161 e. The number of carbonyl (C=O) groups is 1. The van der Waals surface area contributed by atoms with Crippen molar-refractivity contribution in [3.63, 3.8) is 0 Å². The van der Waals surface area contributed by atoms with Gasteiger partial charge in [-0.3, -0.25) is 4.79 Å². The Kier molecular flexibility index (Phi) is 8.82. The molecule has 0 unspecified atom stereocenters. The highest BCUT2D eigenvalue weighted by Crippen LogP contribution is 2.33. The Morgan fingerprint density at radius 3 is 2.12 bits per heavy atom. The predicted molar refractivity (Wildman–Crippen MR) is 98.4 cm³/mol. The van der Waals surface area contributed by atoms with E-state index in [1.54, 1.807) is 21.1 Å². The Balaban J connectivity index is 0.000000550. The van der Waals surface area contributed by atoms with E-state index in [1.807, 2.05) is 42.5 Å². The summed E-state index contributed by atoms with van der Waals surface area (Å²) in [5, 5.41) is 8.80. The standard InChI is InChI=1S/C16H18O4.C4H6O/c1-18-14-6-3-12(4-7-14)13-5-8-15(20-10-9-17)16(11-13)19-2;1-4(2)3-5/h3-8,11,17H,9-10H2,1-2H3;3H,1H2,2H3. The molecule has 2 rings (SSSR count). The Bertz CT molecular complexity index is 677. The Morgan fingerprint density at radius 1 is 1.04 bits per heavy atom. The fraction of sp³-hybridized carbons (Fsp3) is 0.250. The van der Waals surface area contributed by atoms with Gasteiger partial charge in [-0.2, -0.15) is 0 Å². The minimum atomic E-state index is -0.0244. The van der Waals surface area contributed by atoms with E-state index in [0.29, 0.717) is 17.1 Å². The Hall–Kier alpha value is -2.79. The minimum absolute atomic E-state index is 0.0244. The van der Waals surface area contributed by atoms with Gasteiger partial charge in [0.1, 0.15) is 18.6 Å². The molecule has 0 aliphatic carbocycles. The molecule has 0 aromatic heterocycles. The van der Waals surface area contributed by atoms with Crippen LogP contribution in [0.1, 0.15) is 6.92 Å². The van der Waals surface area contributed by atoms with Crippen LogP contribution in [0.25, 0.3) is 11.1 Å². The second-order valence-electron chi connectivity index (χ2n) is 5.13. The normalized spacial score (nSPS) is 9.44. The van der Waals surface area contributed by atoms with E-state index >= 15 is 0 Å². The molecule has 0 aliphatic heterocycles. The molecule has 2 aromatic rings. The summed E-state index contributed by atoms with van der Waals surface area (Å²) in [6.45, 7) is 5.19. The molecule has 0 fully saturated rings. The zero-order valence-electron chi connectivity index (χ0n) is 14.8. The summed E-state index contributed by atoms with van der Waals surface area (Å²) in [4.78, 5) is 9.41. The van der Waals surface area contributed by atoms with Crippen LogP contribution >= 0.6 is 0 Å². The lowest BCUT2D eigenvalue weighted by atomic mass is 10.1. The van der Waals surface area contributed by atoms with Crippen molar-refractivity contribution in [3.8, 4) is 28.4 Å². The molecular weight excluding hydrogens is 320 g/mol. The number of aldehydes is 1. The van der Waals surface area contributed by atoms with Crippen molar-refractivity contribution >= 4 is 6.29 Å². The molecule has 0 bridgehead atoms. The summed E-state index contributed by atoms with van der Waals surface area (Å²) in [7, 11) is 3.24. The van der Waals surface area contributed by atoms with Gasteiger partial charge in [0.15, 0.2) is 11.5 Å². The quantitative estimate of drug-likeness (QED) is 0.615. The van der Waals surface area contributed by atoms with Crippen LogP contribution in [0.5, 0.6) is 17.2 Å². The van der Waals surface area contributed by atoms with Crippen LogP contribution in [0.3, 0.4) is 0 Å². The molecule has 0 saturated heterocycles. The largest absolute Gasteiger partial charge is 0.497 e. The minimum Gasteiger partial charge on any atom is -0.497 e. The van der Waals surface area contributed by atoms with Crippen LogP contribution in [-0.4, -0.2) is 38.8 Å². The molecule has 134 valence electrons. The van der Waals surface area contributed by atoms with Crippen LogP contribution in [0, 0.1) is 0 Å². The monoisotopic (exact) mass is 344 g/mol. The number of hydrogen-bond acceptors (Lipinski definition) is 5. The third kappa shape index (κ3) is 6.69. The van der Waals surface area contributed by atoms with E-state index in [-0.39, 0.29) is 13.2 Å². The number of rotatable bonds is 7. The SMILES string of the molecule is C=C(C)C=O.COc1ccc(-c2ccc(OCCO)c(OC)c2)cc1. The van der Waals surface area contributed by atoms with Gasteiger partial charge in [-0.25, -0.2) is 0 Å². The maximum atomic E-state index is 9.41. The van der Waals surface area contributed by atoms with Crippen LogP contribution in [0.4, 0.5) is 0 Å². The molecule has 0 atom stereocenters. The number of aliphatic hydroxyl groups excluding tert-OH is 1. The summed E-state index contributed by atoms with van der Waals surface area (Å²) >= 11 is 0. The summed E-state index contributed by atoms with van der Waals surface area (Å²) in [6.07, 6.45) is 0.722. The molecule has 1 N–H and O–H groups in total. The lowest BCUT2D eigenvalue weighted by Gasteiger charge is -2.12. The summed E-state index contributed by atoms with van der Waals surface area (Å²) < 4.78 is 15.9. The zero-order valence-corrected chi connectivity index (χ0v) is 14.8. The van der Waals surface area contributed by atoms with E-state index in [9.17, 15) is 4.79 Å². The van der Waals surface area contributed by atoms with Crippen molar-refractivity contribution in [3.05, 3.63) is 54.6 Å². The van der Waals surface area contributed by atoms with E-state index in [2.05, 4.69) is 6.58 Å². The molecule has 0 aliphatic rings. The van der Waals surface area contributed by atoms with Crippen LogP contribution in [-0.2, 0) is 4.79 Å². The predicted octanol–water partition coefficient (Wildman–Crippen LogP) is 3.50. The van der Waals surface area contributed by atoms with Gasteiger partial charge in [0.25, 0.3) is 0 Å².